The Morgan fingerprint density at radius 3 is 2.16 bits per heavy atom. The Balaban J connectivity index is 2.14. The molecule has 1 aromatic heterocycles. The molecule has 0 saturated heterocycles. The Hall–Kier alpha value is -2.30. The van der Waals surface area contributed by atoms with E-state index in [1.54, 1.807) is 6.33 Å². The minimum atomic E-state index is 0.788. The third kappa shape index (κ3) is 3.34. The van der Waals surface area contributed by atoms with Crippen molar-refractivity contribution in [3.63, 3.8) is 0 Å². The topological polar surface area (TPSA) is 44.3 Å². The quantitative estimate of drug-likeness (QED) is 0.911. The van der Waals surface area contributed by atoms with Crippen LogP contribution in [0, 0.1) is 0 Å². The molecule has 0 saturated carbocycles. The molecule has 5 nitrogen and oxygen atoms in total. The van der Waals surface area contributed by atoms with Crippen LogP contribution in [0.1, 0.15) is 0 Å². The Morgan fingerprint density at radius 1 is 0.895 bits per heavy atom. The van der Waals surface area contributed by atoms with Crippen LogP contribution in [0.2, 0.25) is 0 Å². The lowest BCUT2D eigenvalue weighted by atomic mass is 10.2. The molecule has 0 radical (unpaired) electrons. The molecular weight excluding hydrogens is 238 g/mol. The molecule has 19 heavy (non-hydrogen) atoms. The van der Waals surface area contributed by atoms with Crippen molar-refractivity contribution in [3.05, 3.63) is 36.7 Å². The number of benzene rings is 1. The second kappa shape index (κ2) is 5.56. The van der Waals surface area contributed by atoms with E-state index in [4.69, 9.17) is 0 Å². The van der Waals surface area contributed by atoms with Gasteiger partial charge in [0.15, 0.2) is 0 Å². The number of hydrogen-bond acceptors (Lipinski definition) is 5. The van der Waals surface area contributed by atoms with Crippen molar-refractivity contribution in [1.29, 1.82) is 0 Å². The van der Waals surface area contributed by atoms with Crippen molar-refractivity contribution < 1.29 is 0 Å². The van der Waals surface area contributed by atoms with E-state index in [9.17, 15) is 0 Å². The smallest absolute Gasteiger partial charge is 0.135 e. The first kappa shape index (κ1) is 13.1. The van der Waals surface area contributed by atoms with E-state index in [1.165, 1.54) is 5.69 Å². The number of nitrogens with one attached hydrogen (secondary N) is 1. The second-order valence-electron chi connectivity index (χ2n) is 4.72. The first-order chi connectivity index (χ1) is 9.06. The van der Waals surface area contributed by atoms with E-state index < -0.39 is 0 Å². The summed E-state index contributed by atoms with van der Waals surface area (Å²) in [5.74, 6) is 1.67. The van der Waals surface area contributed by atoms with E-state index in [0.717, 1.165) is 17.3 Å². The van der Waals surface area contributed by atoms with Crippen molar-refractivity contribution in [2.45, 2.75) is 0 Å². The Morgan fingerprint density at radius 2 is 1.58 bits per heavy atom. The van der Waals surface area contributed by atoms with Gasteiger partial charge in [0.05, 0.1) is 0 Å². The summed E-state index contributed by atoms with van der Waals surface area (Å²) in [6.45, 7) is 0. The summed E-state index contributed by atoms with van der Waals surface area (Å²) in [4.78, 5) is 12.4. The summed E-state index contributed by atoms with van der Waals surface area (Å²) >= 11 is 0. The van der Waals surface area contributed by atoms with Crippen LogP contribution in [-0.4, -0.2) is 38.2 Å². The van der Waals surface area contributed by atoms with Crippen LogP contribution < -0.4 is 15.1 Å². The lowest BCUT2D eigenvalue weighted by molar-refractivity contribution is 1.04. The normalized spacial score (nSPS) is 10.1. The van der Waals surface area contributed by atoms with Gasteiger partial charge in [-0.2, -0.15) is 0 Å². The summed E-state index contributed by atoms with van der Waals surface area (Å²) < 4.78 is 0. The van der Waals surface area contributed by atoms with Gasteiger partial charge in [-0.15, -0.1) is 0 Å². The molecule has 5 heteroatoms. The minimum Gasteiger partial charge on any atom is -0.378 e. The molecule has 0 aliphatic heterocycles. The predicted octanol–water partition coefficient (Wildman–Crippen LogP) is 2.35. The van der Waals surface area contributed by atoms with Gasteiger partial charge in [0.25, 0.3) is 0 Å². The highest BCUT2D eigenvalue weighted by Gasteiger charge is 2.01. The molecule has 1 N–H and O–H groups in total. The van der Waals surface area contributed by atoms with Crippen molar-refractivity contribution in [1.82, 2.24) is 9.97 Å². The van der Waals surface area contributed by atoms with Crippen LogP contribution in [0.3, 0.4) is 0 Å². The van der Waals surface area contributed by atoms with Gasteiger partial charge >= 0.3 is 0 Å². The monoisotopic (exact) mass is 257 g/mol. The maximum Gasteiger partial charge on any atom is 0.135 e. The van der Waals surface area contributed by atoms with Gasteiger partial charge in [-0.05, 0) is 24.3 Å². The molecule has 0 atom stereocenters. The maximum atomic E-state index is 4.22. The Labute approximate surface area is 113 Å². The highest BCUT2D eigenvalue weighted by atomic mass is 15.2. The zero-order valence-corrected chi connectivity index (χ0v) is 11.8. The van der Waals surface area contributed by atoms with Crippen LogP contribution in [-0.2, 0) is 0 Å². The minimum absolute atomic E-state index is 0.788. The maximum absolute atomic E-state index is 4.22. The molecule has 0 unspecified atom stereocenters. The van der Waals surface area contributed by atoms with E-state index in [1.807, 2.05) is 51.3 Å². The average molecular weight is 257 g/mol. The SMILES string of the molecule is CN(C)c1ccc(Nc2cc(N(C)C)ncn2)cc1. The van der Waals surface area contributed by atoms with Gasteiger partial charge in [-0.1, -0.05) is 0 Å². The highest BCUT2D eigenvalue weighted by molar-refractivity contribution is 5.62. The van der Waals surface area contributed by atoms with Crippen LogP contribution in [0.5, 0.6) is 0 Å². The molecule has 1 aromatic carbocycles. The fraction of sp³-hybridized carbons (Fsp3) is 0.286. The third-order valence-corrected chi connectivity index (χ3v) is 2.77. The Bertz CT molecular complexity index is 534. The van der Waals surface area contributed by atoms with Crippen molar-refractivity contribution >= 4 is 23.0 Å². The molecule has 100 valence electrons. The number of nitrogens with zero attached hydrogens (tertiary/aromatic N) is 4. The molecule has 2 rings (SSSR count). The van der Waals surface area contributed by atoms with Crippen LogP contribution >= 0.6 is 0 Å². The third-order valence-electron chi connectivity index (χ3n) is 2.77. The molecule has 0 aliphatic rings. The van der Waals surface area contributed by atoms with Gasteiger partial charge in [0, 0.05) is 45.6 Å². The fourth-order valence-corrected chi connectivity index (χ4v) is 1.65. The van der Waals surface area contributed by atoms with Gasteiger partial charge in [-0.25, -0.2) is 9.97 Å². The summed E-state index contributed by atoms with van der Waals surface area (Å²) in [6, 6.07) is 10.1. The number of rotatable bonds is 4. The lowest BCUT2D eigenvalue weighted by Crippen LogP contribution is -2.11. The largest absolute Gasteiger partial charge is 0.378 e. The van der Waals surface area contributed by atoms with E-state index in [0.29, 0.717) is 0 Å². The summed E-state index contributed by atoms with van der Waals surface area (Å²) in [6.07, 6.45) is 1.56. The lowest BCUT2D eigenvalue weighted by Gasteiger charge is -2.14. The first-order valence-electron chi connectivity index (χ1n) is 6.10. The van der Waals surface area contributed by atoms with Crippen LogP contribution in [0.4, 0.5) is 23.0 Å². The standard InChI is InChI=1S/C14H19N5/c1-18(2)12-7-5-11(6-8-12)17-13-9-14(19(3)4)16-10-15-13/h5-10H,1-4H3,(H,15,16,17). The number of hydrogen-bond donors (Lipinski definition) is 1. The molecule has 0 spiro atoms. The molecule has 2 aromatic rings. The molecule has 0 aliphatic carbocycles. The van der Waals surface area contributed by atoms with E-state index >= 15 is 0 Å². The average Bonchev–Trinajstić information content (AvgIpc) is 2.39. The van der Waals surface area contributed by atoms with Gasteiger partial charge in [-0.3, -0.25) is 0 Å². The summed E-state index contributed by atoms with van der Waals surface area (Å²) in [7, 11) is 7.96. The van der Waals surface area contributed by atoms with Gasteiger partial charge < -0.3 is 15.1 Å². The zero-order valence-electron chi connectivity index (χ0n) is 11.8. The number of aromatic nitrogens is 2. The Kier molecular flexibility index (Phi) is 3.85. The molecular formula is C14H19N5. The number of anilines is 4. The highest BCUT2D eigenvalue weighted by Crippen LogP contribution is 2.20. The van der Waals surface area contributed by atoms with Gasteiger partial charge in [0.2, 0.25) is 0 Å². The molecule has 0 amide bonds. The van der Waals surface area contributed by atoms with Crippen molar-refractivity contribution in [3.8, 4) is 0 Å². The van der Waals surface area contributed by atoms with E-state index in [2.05, 4.69) is 32.3 Å². The van der Waals surface area contributed by atoms with Crippen molar-refractivity contribution in [2.24, 2.45) is 0 Å². The summed E-state index contributed by atoms with van der Waals surface area (Å²) in [5.41, 5.74) is 2.18. The van der Waals surface area contributed by atoms with Crippen LogP contribution in [0.15, 0.2) is 36.7 Å². The van der Waals surface area contributed by atoms with E-state index in [-0.39, 0.29) is 0 Å². The fourth-order valence-electron chi connectivity index (χ4n) is 1.65. The first-order valence-corrected chi connectivity index (χ1v) is 6.10. The molecule has 0 fully saturated rings. The van der Waals surface area contributed by atoms with Crippen LogP contribution in [0.25, 0.3) is 0 Å². The van der Waals surface area contributed by atoms with Crippen molar-refractivity contribution in [2.75, 3.05) is 43.3 Å². The van der Waals surface area contributed by atoms with Gasteiger partial charge in [0.1, 0.15) is 18.0 Å². The molecule has 1 heterocycles. The summed E-state index contributed by atoms with van der Waals surface area (Å²) in [5, 5.41) is 3.27. The second-order valence-corrected chi connectivity index (χ2v) is 4.72. The molecule has 0 bridgehead atoms. The predicted molar refractivity (Wildman–Crippen MR) is 80.4 cm³/mol. The zero-order chi connectivity index (χ0) is 13.8.